The van der Waals surface area contributed by atoms with E-state index in [1.807, 2.05) is 171 Å². The Balaban J connectivity index is 0.000000141. The van der Waals surface area contributed by atoms with E-state index in [-0.39, 0.29) is 30.5 Å². The Morgan fingerprint density at radius 1 is 0.535 bits per heavy atom. The van der Waals surface area contributed by atoms with Crippen molar-refractivity contribution < 1.29 is 22.0 Å². The third kappa shape index (κ3) is 17.7. The molecule has 2 fully saturated rings. The van der Waals surface area contributed by atoms with Crippen molar-refractivity contribution in [2.75, 3.05) is 41.0 Å². The topological polar surface area (TPSA) is 279 Å². The lowest BCUT2D eigenvalue weighted by atomic mass is 9.80. The molecular formula is C71H77F2N21O3S2. The Labute approximate surface area is 576 Å². The van der Waals surface area contributed by atoms with Gasteiger partial charge in [0.1, 0.15) is 27.3 Å². The maximum absolute atomic E-state index is 13.7. The average molecular weight is 1370 g/mol. The zero-order valence-electron chi connectivity index (χ0n) is 56.2. The van der Waals surface area contributed by atoms with Crippen molar-refractivity contribution >= 4 is 44.5 Å². The van der Waals surface area contributed by atoms with Crippen LogP contribution in [-0.4, -0.2) is 141 Å². The molecule has 0 spiro atoms. The number of aromatic nitrogens is 17. The van der Waals surface area contributed by atoms with Gasteiger partial charge in [-0.1, -0.05) is 54.6 Å². The third-order valence-corrected chi connectivity index (χ3v) is 19.0. The first-order chi connectivity index (χ1) is 47.6. The summed E-state index contributed by atoms with van der Waals surface area (Å²) in [6.45, 7) is 4.70. The molecule has 28 heteroatoms. The molecule has 2 aliphatic rings. The first kappa shape index (κ1) is 68.2. The van der Waals surface area contributed by atoms with E-state index < -0.39 is 15.8 Å². The fourth-order valence-electron chi connectivity index (χ4n) is 11.8. The molecule has 510 valence electrons. The number of aryl methyl sites for hydroxylation is 6. The van der Waals surface area contributed by atoms with Gasteiger partial charge in [0, 0.05) is 198 Å². The molecule has 14 rings (SSSR count). The molecule has 9 aromatic heterocycles. The number of benzene rings is 3. The minimum Gasteiger partial charge on any atom is -0.369 e. The second kappa shape index (κ2) is 29.9. The molecule has 4 N–H and O–H groups in total. The fraction of sp³-hybridized carbons (Fsp3) is 0.310. The average Bonchev–Trinajstić information content (AvgIpc) is 1.80. The number of alkyl halides is 2. The van der Waals surface area contributed by atoms with Crippen LogP contribution in [0.25, 0.3) is 100 Å². The lowest BCUT2D eigenvalue weighted by molar-refractivity contribution is -0.119. The van der Waals surface area contributed by atoms with E-state index >= 15 is 0 Å². The molecule has 24 nitrogen and oxygen atoms in total. The van der Waals surface area contributed by atoms with Crippen molar-refractivity contribution in [3.63, 3.8) is 0 Å². The summed E-state index contributed by atoms with van der Waals surface area (Å²) in [5.41, 5.74) is 13.3. The molecule has 1 amide bonds. The molecule has 0 unspecified atom stereocenters. The number of hydrogen-bond donors (Lipinski definition) is 4. The lowest BCUT2D eigenvalue weighted by Gasteiger charge is -2.36. The van der Waals surface area contributed by atoms with Gasteiger partial charge in [-0.2, -0.15) is 25.5 Å². The van der Waals surface area contributed by atoms with E-state index in [1.165, 1.54) is 6.26 Å². The van der Waals surface area contributed by atoms with Crippen LogP contribution in [0.4, 0.5) is 26.2 Å². The number of nitrogens with zero attached hydrogens (tertiary/aromatic N) is 17. The molecular weight excluding hydrogens is 1300 g/mol. The molecule has 3 aromatic carbocycles. The van der Waals surface area contributed by atoms with Crippen LogP contribution in [0.5, 0.6) is 0 Å². The van der Waals surface area contributed by atoms with E-state index in [2.05, 4.69) is 73.8 Å². The summed E-state index contributed by atoms with van der Waals surface area (Å²) >= 11 is 1.56. The van der Waals surface area contributed by atoms with Gasteiger partial charge in [0.05, 0.1) is 52.2 Å². The number of carbonyl (C=O) groups is 1. The number of carbonyl (C=O) groups excluding carboxylic acids is 1. The van der Waals surface area contributed by atoms with Crippen LogP contribution in [-0.2, 0) is 49.9 Å². The first-order valence-electron chi connectivity index (χ1n) is 32.5. The smallest absolute Gasteiger partial charge is 0.248 e. The van der Waals surface area contributed by atoms with Crippen LogP contribution in [0.15, 0.2) is 160 Å². The second-order valence-corrected chi connectivity index (χ2v) is 28.7. The highest BCUT2D eigenvalue weighted by Crippen LogP contribution is 2.39. The monoisotopic (exact) mass is 1370 g/mol. The number of halogens is 2. The Morgan fingerprint density at radius 2 is 0.939 bits per heavy atom. The minimum absolute atomic E-state index is 0.0178. The zero-order chi connectivity index (χ0) is 69.4. The molecule has 2 saturated carbocycles. The zero-order valence-corrected chi connectivity index (χ0v) is 57.8. The van der Waals surface area contributed by atoms with Crippen LogP contribution < -0.4 is 21.3 Å². The number of thiazole rings is 1. The van der Waals surface area contributed by atoms with Crippen molar-refractivity contribution in [1.82, 2.24) is 89.1 Å². The molecule has 0 bridgehead atoms. The van der Waals surface area contributed by atoms with E-state index in [0.717, 1.165) is 113 Å². The predicted molar refractivity (Wildman–Crippen MR) is 382 cm³/mol. The minimum atomic E-state index is -3.01. The SMILES string of the molecule is CC(=O)NCC1CC(Nc2nc(-c3cccc(-c4cnn(C)c4)c3)ncc2-c2cnn(C)c2)C1.Cc1ncc(-c2cnc(-c3cccc(-c4cnn(C)c4)c3)nc2NC2CCC(F)(F)CC2)s1.Cn1cc(-c2cccc(-c3ncc(-c4cnn(C)c4)c(NCCCS(C)(=O)=O)n3)c2)cn1. The van der Waals surface area contributed by atoms with Gasteiger partial charge in [0.2, 0.25) is 11.8 Å². The van der Waals surface area contributed by atoms with Crippen molar-refractivity contribution in [1.29, 1.82) is 0 Å². The maximum atomic E-state index is 13.7. The molecule has 99 heavy (non-hydrogen) atoms. The van der Waals surface area contributed by atoms with Crippen LogP contribution in [0.2, 0.25) is 0 Å². The van der Waals surface area contributed by atoms with Gasteiger partial charge in [-0.25, -0.2) is 52.1 Å². The Bertz CT molecular complexity index is 4900. The van der Waals surface area contributed by atoms with Gasteiger partial charge in [0.15, 0.2) is 17.5 Å². The maximum Gasteiger partial charge on any atom is 0.248 e. The highest BCUT2D eigenvalue weighted by molar-refractivity contribution is 7.90. The van der Waals surface area contributed by atoms with Crippen LogP contribution >= 0.6 is 11.3 Å². The fourth-order valence-corrected chi connectivity index (χ4v) is 13.2. The standard InChI is InChI=1S/C25H28N8O.C24H24F2N6S.C22H25N7O2S/c1-16(34)26-10-17-7-22(8-17)30-25-23(21-12-29-33(3)15-21)13-27-24(31-25)19-6-4-5-18(9-19)20-11-28-32(2)14-20;1-15-27-13-21(33-15)20-12-28-22(31-23(20)30-19-6-8-24(25,26)9-7-19)17-5-3-4-16(10-17)18-11-29-32(2)14-18;1-28-14-18(11-25-28)16-6-4-7-17(10-16)21-24-13-20(19-12-26-29(2)15-19)22(27-21)23-8-5-9-32(3,30)31/h4-6,9,11-15,17,22H,7-8,10H2,1-3H3,(H,26,34)(H,27,30,31);3-5,10-14,19H,6-9H2,1-2H3,(H,28,30,31);4,6-7,10-15H,5,8-9H2,1-3H3,(H,23,24,27). The van der Waals surface area contributed by atoms with E-state index in [9.17, 15) is 22.0 Å². The normalized spacial score (nSPS) is 15.1. The highest BCUT2D eigenvalue weighted by atomic mass is 32.2. The number of anilines is 3. The van der Waals surface area contributed by atoms with Gasteiger partial charge in [-0.3, -0.25) is 28.2 Å². The summed E-state index contributed by atoms with van der Waals surface area (Å²) in [7, 11) is 6.41. The highest BCUT2D eigenvalue weighted by Gasteiger charge is 2.36. The summed E-state index contributed by atoms with van der Waals surface area (Å²) in [5, 5.41) is 35.5. The Hall–Kier alpha value is -10.7. The van der Waals surface area contributed by atoms with Gasteiger partial charge in [0.25, 0.3) is 0 Å². The van der Waals surface area contributed by atoms with Crippen molar-refractivity contribution in [3.8, 4) is 100 Å². The number of hydrogen-bond acceptors (Lipinski definition) is 19. The number of sulfone groups is 1. The molecule has 0 atom stereocenters. The van der Waals surface area contributed by atoms with E-state index in [1.54, 1.807) is 60.3 Å². The summed E-state index contributed by atoms with van der Waals surface area (Å²) in [6.07, 6.45) is 30.4. The van der Waals surface area contributed by atoms with Crippen LogP contribution in [0.1, 0.15) is 56.9 Å². The summed E-state index contributed by atoms with van der Waals surface area (Å²) in [4.78, 5) is 45.0. The van der Waals surface area contributed by atoms with Gasteiger partial charge >= 0.3 is 0 Å². The number of nitrogens with one attached hydrogen (secondary N) is 4. The number of amides is 1. The summed E-state index contributed by atoms with van der Waals surface area (Å²) in [5.74, 6) is 1.97. The number of rotatable bonds is 20. The van der Waals surface area contributed by atoms with Crippen molar-refractivity contribution in [3.05, 3.63) is 165 Å². The predicted octanol–water partition coefficient (Wildman–Crippen LogP) is 12.0. The van der Waals surface area contributed by atoms with Crippen LogP contribution in [0, 0.1) is 12.8 Å². The quantitative estimate of drug-likeness (QED) is 0.0516. The summed E-state index contributed by atoms with van der Waals surface area (Å²) in [6, 6.07) is 24.4. The van der Waals surface area contributed by atoms with E-state index in [4.69, 9.17) is 19.9 Å². The van der Waals surface area contributed by atoms with Gasteiger partial charge < -0.3 is 21.3 Å². The van der Waals surface area contributed by atoms with E-state index in [0.29, 0.717) is 66.9 Å². The summed E-state index contributed by atoms with van der Waals surface area (Å²) < 4.78 is 59.0. The molecule has 0 radical (unpaired) electrons. The van der Waals surface area contributed by atoms with Crippen LogP contribution in [0.3, 0.4) is 0 Å². The van der Waals surface area contributed by atoms with Gasteiger partial charge in [-0.15, -0.1) is 11.3 Å². The lowest BCUT2D eigenvalue weighted by Crippen LogP contribution is -2.41. The molecule has 0 saturated heterocycles. The molecule has 12 aromatic rings. The Kier molecular flexibility index (Phi) is 20.6. The third-order valence-electron chi connectivity index (χ3n) is 17.0. The van der Waals surface area contributed by atoms with Crippen molar-refractivity contribution in [2.24, 2.45) is 41.2 Å². The molecule has 2 aliphatic carbocycles. The molecule has 0 aliphatic heterocycles. The Morgan fingerprint density at radius 3 is 1.35 bits per heavy atom. The van der Waals surface area contributed by atoms with Gasteiger partial charge in [-0.05, 0) is 79.8 Å². The largest absolute Gasteiger partial charge is 0.369 e. The van der Waals surface area contributed by atoms with Crippen molar-refractivity contribution in [2.45, 2.75) is 76.8 Å². The molecule has 9 heterocycles. The second-order valence-electron chi connectivity index (χ2n) is 25.2. The first-order valence-corrected chi connectivity index (χ1v) is 35.3.